The number of unbranched alkanes of at least 4 members (excludes halogenated alkanes) is 29. The molecule has 0 N–H and O–H groups in total. The van der Waals surface area contributed by atoms with E-state index in [2.05, 4.69) is 106 Å². The van der Waals surface area contributed by atoms with Gasteiger partial charge < -0.3 is 14.2 Å². The lowest BCUT2D eigenvalue weighted by atomic mass is 10.1. The van der Waals surface area contributed by atoms with Crippen molar-refractivity contribution in [3.8, 4) is 0 Å². The van der Waals surface area contributed by atoms with Gasteiger partial charge in [-0.1, -0.05) is 241 Å². The first-order chi connectivity index (χ1) is 35.0. The third kappa shape index (κ3) is 57.4. The Morgan fingerprint density at radius 2 is 0.549 bits per heavy atom. The van der Waals surface area contributed by atoms with Crippen LogP contribution in [0.3, 0.4) is 0 Å². The van der Waals surface area contributed by atoms with E-state index in [4.69, 9.17) is 14.2 Å². The summed E-state index contributed by atoms with van der Waals surface area (Å²) in [5.41, 5.74) is 0. The summed E-state index contributed by atoms with van der Waals surface area (Å²) in [6, 6.07) is 0. The first-order valence-electron chi connectivity index (χ1n) is 30.1. The standard InChI is InChI=1S/C65H112O6/c1-4-7-10-13-16-19-22-25-28-31-32-35-37-40-43-46-49-52-55-58-64(67)70-61-62(71-65(68)59-56-53-50-47-44-41-38-34-30-27-24-21-18-15-12-9-6-3)60-69-63(66)57-54-51-48-45-42-39-36-33-29-26-23-20-17-14-11-8-5-2/h9,12,17-18,20-21,25-30,38,41,62H,4-8,10-11,13-16,19,22-24,31-37,39-40,42-61H2,1-3H3/b12-9-,20-17-,21-18-,28-25-,29-26-,30-27-,41-38-/t62-/m1/s1. The molecule has 0 radical (unpaired) electrons. The zero-order valence-electron chi connectivity index (χ0n) is 46.7. The first-order valence-corrected chi connectivity index (χ1v) is 30.1. The minimum Gasteiger partial charge on any atom is -0.462 e. The Morgan fingerprint density at radius 3 is 0.901 bits per heavy atom. The molecule has 1 atom stereocenters. The number of allylic oxidation sites excluding steroid dienone is 14. The summed E-state index contributed by atoms with van der Waals surface area (Å²) in [5, 5.41) is 0. The molecule has 0 aliphatic carbocycles. The Hall–Kier alpha value is -3.41. The summed E-state index contributed by atoms with van der Waals surface area (Å²) in [6.07, 6.45) is 77.1. The molecule has 0 saturated carbocycles. The third-order valence-corrected chi connectivity index (χ3v) is 12.9. The van der Waals surface area contributed by atoms with Gasteiger partial charge in [-0.25, -0.2) is 0 Å². The summed E-state index contributed by atoms with van der Waals surface area (Å²) >= 11 is 0. The Balaban J connectivity index is 4.43. The molecule has 0 unspecified atom stereocenters. The van der Waals surface area contributed by atoms with Crippen LogP contribution in [0, 0.1) is 0 Å². The van der Waals surface area contributed by atoms with Crippen molar-refractivity contribution in [3.05, 3.63) is 85.1 Å². The van der Waals surface area contributed by atoms with Gasteiger partial charge >= 0.3 is 17.9 Å². The van der Waals surface area contributed by atoms with Gasteiger partial charge in [0.1, 0.15) is 13.2 Å². The molecule has 0 aliphatic rings. The number of hydrogen-bond acceptors (Lipinski definition) is 6. The van der Waals surface area contributed by atoms with Crippen molar-refractivity contribution in [1.29, 1.82) is 0 Å². The highest BCUT2D eigenvalue weighted by Crippen LogP contribution is 2.15. The molecule has 0 saturated heterocycles. The molecule has 6 heteroatoms. The van der Waals surface area contributed by atoms with Gasteiger partial charge in [-0.05, 0) is 116 Å². The lowest BCUT2D eigenvalue weighted by Crippen LogP contribution is -2.30. The second-order valence-electron chi connectivity index (χ2n) is 19.9. The van der Waals surface area contributed by atoms with Crippen LogP contribution in [0.25, 0.3) is 0 Å². The SMILES string of the molecule is CC/C=C\C/C=C\C/C=C\C/C=C\CCCCCCC(=O)O[C@H](COC(=O)CCCCCCCCC/C=C\C/C=C\CCCCC)COC(=O)CCCCCCCCCCC/C=C\CCCCCCCC. The predicted molar refractivity (Wildman–Crippen MR) is 307 cm³/mol. The minimum absolute atomic E-state index is 0.0897. The molecule has 71 heavy (non-hydrogen) atoms. The van der Waals surface area contributed by atoms with E-state index in [-0.39, 0.29) is 31.1 Å². The lowest BCUT2D eigenvalue weighted by molar-refractivity contribution is -0.167. The van der Waals surface area contributed by atoms with Crippen LogP contribution in [0.4, 0.5) is 0 Å². The molecule has 0 aromatic carbocycles. The van der Waals surface area contributed by atoms with Crippen LogP contribution < -0.4 is 0 Å². The fraction of sp³-hybridized carbons (Fsp3) is 0.738. The maximum Gasteiger partial charge on any atom is 0.306 e. The summed E-state index contributed by atoms with van der Waals surface area (Å²) in [5.74, 6) is -0.915. The topological polar surface area (TPSA) is 78.9 Å². The van der Waals surface area contributed by atoms with Gasteiger partial charge in [0.2, 0.25) is 0 Å². The van der Waals surface area contributed by atoms with Crippen molar-refractivity contribution in [2.24, 2.45) is 0 Å². The van der Waals surface area contributed by atoms with Crippen LogP contribution in [-0.4, -0.2) is 37.2 Å². The molecule has 0 rings (SSSR count). The van der Waals surface area contributed by atoms with E-state index < -0.39 is 6.10 Å². The molecule has 0 aromatic heterocycles. The van der Waals surface area contributed by atoms with Gasteiger partial charge in [0.05, 0.1) is 0 Å². The highest BCUT2D eigenvalue weighted by atomic mass is 16.6. The Morgan fingerprint density at radius 1 is 0.296 bits per heavy atom. The van der Waals surface area contributed by atoms with Crippen molar-refractivity contribution in [3.63, 3.8) is 0 Å². The minimum atomic E-state index is -0.795. The molecular formula is C65H112O6. The van der Waals surface area contributed by atoms with Crippen LogP contribution >= 0.6 is 0 Å². The van der Waals surface area contributed by atoms with E-state index in [1.54, 1.807) is 0 Å². The Labute approximate surface area is 439 Å². The van der Waals surface area contributed by atoms with E-state index in [0.29, 0.717) is 19.3 Å². The zero-order chi connectivity index (χ0) is 51.4. The van der Waals surface area contributed by atoms with Crippen LogP contribution in [0.5, 0.6) is 0 Å². The summed E-state index contributed by atoms with van der Waals surface area (Å²) in [6.45, 7) is 6.49. The number of rotatable bonds is 54. The van der Waals surface area contributed by atoms with Crippen LogP contribution in [0.15, 0.2) is 85.1 Å². The third-order valence-electron chi connectivity index (χ3n) is 12.9. The van der Waals surface area contributed by atoms with Crippen molar-refractivity contribution < 1.29 is 28.6 Å². The average Bonchev–Trinajstić information content (AvgIpc) is 3.37. The van der Waals surface area contributed by atoms with Crippen LogP contribution in [-0.2, 0) is 28.6 Å². The monoisotopic (exact) mass is 989 g/mol. The van der Waals surface area contributed by atoms with Gasteiger partial charge in [-0.3, -0.25) is 14.4 Å². The van der Waals surface area contributed by atoms with E-state index in [1.807, 2.05) is 0 Å². The molecule has 408 valence electrons. The second kappa shape index (κ2) is 59.2. The maximum absolute atomic E-state index is 12.9. The fourth-order valence-electron chi connectivity index (χ4n) is 8.34. The fourth-order valence-corrected chi connectivity index (χ4v) is 8.34. The summed E-state index contributed by atoms with van der Waals surface area (Å²) in [4.78, 5) is 38.2. The molecule has 0 aliphatic heterocycles. The summed E-state index contributed by atoms with van der Waals surface area (Å²) in [7, 11) is 0. The smallest absolute Gasteiger partial charge is 0.306 e. The van der Waals surface area contributed by atoms with Crippen molar-refractivity contribution in [1.82, 2.24) is 0 Å². The average molecular weight is 990 g/mol. The quantitative estimate of drug-likeness (QED) is 0.0261. The summed E-state index contributed by atoms with van der Waals surface area (Å²) < 4.78 is 16.9. The number of hydrogen-bond donors (Lipinski definition) is 0. The van der Waals surface area contributed by atoms with Gasteiger partial charge in [-0.2, -0.15) is 0 Å². The maximum atomic E-state index is 12.9. The molecule has 0 bridgehead atoms. The van der Waals surface area contributed by atoms with E-state index in [0.717, 1.165) is 109 Å². The number of esters is 3. The van der Waals surface area contributed by atoms with E-state index in [9.17, 15) is 14.4 Å². The molecular weight excluding hydrogens is 877 g/mol. The van der Waals surface area contributed by atoms with Crippen molar-refractivity contribution in [2.45, 2.75) is 297 Å². The molecule has 0 fully saturated rings. The molecule has 0 spiro atoms. The molecule has 0 aromatic rings. The highest BCUT2D eigenvalue weighted by Gasteiger charge is 2.19. The molecule has 0 amide bonds. The number of carbonyl (C=O) groups excluding carboxylic acids is 3. The van der Waals surface area contributed by atoms with E-state index in [1.165, 1.54) is 141 Å². The largest absolute Gasteiger partial charge is 0.462 e. The van der Waals surface area contributed by atoms with Gasteiger partial charge in [0, 0.05) is 19.3 Å². The first kappa shape index (κ1) is 67.6. The van der Waals surface area contributed by atoms with Crippen LogP contribution in [0.1, 0.15) is 290 Å². The van der Waals surface area contributed by atoms with Crippen molar-refractivity contribution in [2.75, 3.05) is 13.2 Å². The normalized spacial score (nSPS) is 12.7. The van der Waals surface area contributed by atoms with E-state index >= 15 is 0 Å². The number of carbonyl (C=O) groups is 3. The second-order valence-corrected chi connectivity index (χ2v) is 19.9. The predicted octanol–water partition coefficient (Wildman–Crippen LogP) is 20.3. The van der Waals surface area contributed by atoms with Gasteiger partial charge in [0.15, 0.2) is 6.10 Å². The van der Waals surface area contributed by atoms with Gasteiger partial charge in [-0.15, -0.1) is 0 Å². The van der Waals surface area contributed by atoms with Gasteiger partial charge in [0.25, 0.3) is 0 Å². The Bertz CT molecular complexity index is 1370. The highest BCUT2D eigenvalue weighted by molar-refractivity contribution is 5.71. The molecule has 6 nitrogen and oxygen atoms in total. The Kier molecular flexibility index (Phi) is 56.3. The van der Waals surface area contributed by atoms with Crippen LogP contribution in [0.2, 0.25) is 0 Å². The molecule has 0 heterocycles. The van der Waals surface area contributed by atoms with Crippen molar-refractivity contribution >= 4 is 17.9 Å². The lowest BCUT2D eigenvalue weighted by Gasteiger charge is -2.18. The number of ether oxygens (including phenoxy) is 3. The zero-order valence-corrected chi connectivity index (χ0v) is 46.7.